The Labute approximate surface area is 197 Å². The van der Waals surface area contributed by atoms with Gasteiger partial charge in [0.15, 0.2) is 5.82 Å². The molecule has 1 aliphatic rings. The molecule has 0 radical (unpaired) electrons. The maximum Gasteiger partial charge on any atom is 0.291 e. The topological polar surface area (TPSA) is 56.5 Å². The molecule has 33 heavy (non-hydrogen) atoms. The predicted octanol–water partition coefficient (Wildman–Crippen LogP) is 5.19. The van der Waals surface area contributed by atoms with Crippen LogP contribution in [0.25, 0.3) is 28.5 Å². The summed E-state index contributed by atoms with van der Waals surface area (Å²) in [6.07, 6.45) is 3.65. The summed E-state index contributed by atoms with van der Waals surface area (Å²) in [5.74, 6) is 1.32. The van der Waals surface area contributed by atoms with Crippen LogP contribution in [0.1, 0.15) is 17.2 Å². The van der Waals surface area contributed by atoms with Gasteiger partial charge in [0, 0.05) is 16.1 Å². The van der Waals surface area contributed by atoms with Crippen LogP contribution >= 0.6 is 22.9 Å². The third kappa shape index (κ3) is 3.63. The number of ether oxygens (including phenoxy) is 1. The largest absolute Gasteiger partial charge is 0.480 e. The van der Waals surface area contributed by atoms with E-state index in [0.717, 1.165) is 28.0 Å². The molecular weight excluding hydrogens is 454 g/mol. The maximum absolute atomic E-state index is 13.1. The summed E-state index contributed by atoms with van der Waals surface area (Å²) >= 11 is 7.28. The fraction of sp³-hybridized carbons (Fsp3) is 0.0385. The first-order valence-electron chi connectivity index (χ1n) is 10.4. The standard InChI is InChI=1S/C26H16ClN3O2S/c27-20-12-10-17(11-13-20)24-28-26-30(29-24)25(31)22(33-26)15-19-14-18-8-4-5-9-21(18)32-23(19)16-6-2-1-3-7-16/h1-15,23H. The van der Waals surface area contributed by atoms with Crippen LogP contribution in [0, 0.1) is 0 Å². The number of rotatable bonds is 3. The monoisotopic (exact) mass is 469 g/mol. The number of nitrogens with zero attached hydrogens (tertiary/aromatic N) is 3. The van der Waals surface area contributed by atoms with Crippen LogP contribution in [-0.2, 0) is 0 Å². The van der Waals surface area contributed by atoms with Crippen LogP contribution in [0.5, 0.6) is 5.75 Å². The highest BCUT2D eigenvalue weighted by atomic mass is 35.5. The van der Waals surface area contributed by atoms with Gasteiger partial charge in [0.05, 0.1) is 4.53 Å². The second-order valence-corrected chi connectivity index (χ2v) is 9.09. The molecule has 0 saturated carbocycles. The second-order valence-electron chi connectivity index (χ2n) is 7.64. The Kier molecular flexibility index (Phi) is 4.82. The summed E-state index contributed by atoms with van der Waals surface area (Å²) in [5, 5.41) is 5.07. The van der Waals surface area contributed by atoms with Crippen molar-refractivity contribution in [2.45, 2.75) is 6.10 Å². The third-order valence-corrected chi connectivity index (χ3v) is 6.68. The van der Waals surface area contributed by atoms with Gasteiger partial charge < -0.3 is 4.74 Å². The third-order valence-electron chi connectivity index (χ3n) is 5.47. The van der Waals surface area contributed by atoms with Crippen LogP contribution in [0.3, 0.4) is 0 Å². The van der Waals surface area contributed by atoms with Crippen LogP contribution in [0.15, 0.2) is 89.2 Å². The van der Waals surface area contributed by atoms with Crippen molar-refractivity contribution in [3.8, 4) is 17.1 Å². The molecule has 6 rings (SSSR count). The summed E-state index contributed by atoms with van der Waals surface area (Å²) in [6.45, 7) is 0. The smallest absolute Gasteiger partial charge is 0.291 e. The molecule has 0 fully saturated rings. The lowest BCUT2D eigenvalue weighted by atomic mass is 9.96. The molecule has 0 saturated heterocycles. The second kappa shape index (κ2) is 7.99. The van der Waals surface area contributed by atoms with E-state index in [4.69, 9.17) is 16.3 Å². The summed E-state index contributed by atoms with van der Waals surface area (Å²) in [6, 6.07) is 25.1. The first-order valence-corrected chi connectivity index (χ1v) is 11.5. The van der Waals surface area contributed by atoms with Crippen LogP contribution in [-0.4, -0.2) is 14.6 Å². The molecule has 5 aromatic rings. The van der Waals surface area contributed by atoms with Gasteiger partial charge in [0.2, 0.25) is 4.96 Å². The number of hydrogen-bond donors (Lipinski definition) is 0. The summed E-state index contributed by atoms with van der Waals surface area (Å²) in [7, 11) is 0. The van der Waals surface area contributed by atoms with E-state index in [1.165, 1.54) is 15.9 Å². The summed E-state index contributed by atoms with van der Waals surface area (Å²) in [4.78, 5) is 18.2. The highest BCUT2D eigenvalue weighted by Gasteiger charge is 2.23. The van der Waals surface area contributed by atoms with Crippen molar-refractivity contribution in [2.75, 3.05) is 0 Å². The van der Waals surface area contributed by atoms with E-state index in [2.05, 4.69) is 16.2 Å². The number of thiazole rings is 1. The maximum atomic E-state index is 13.1. The van der Waals surface area contributed by atoms with Gasteiger partial charge in [-0.3, -0.25) is 4.79 Å². The lowest BCUT2D eigenvalue weighted by molar-refractivity contribution is 0.244. The van der Waals surface area contributed by atoms with Crippen LogP contribution in [0.4, 0.5) is 0 Å². The number of para-hydroxylation sites is 1. The molecular formula is C26H16ClN3O2S. The number of halogens is 1. The number of benzene rings is 3. The van der Waals surface area contributed by atoms with Gasteiger partial charge in [-0.2, -0.15) is 9.50 Å². The minimum absolute atomic E-state index is 0.200. The molecule has 0 N–H and O–H groups in total. The van der Waals surface area contributed by atoms with E-state index in [9.17, 15) is 4.79 Å². The number of fused-ring (bicyclic) bond motifs is 2. The Morgan fingerprint density at radius 2 is 1.73 bits per heavy atom. The lowest BCUT2D eigenvalue weighted by Gasteiger charge is -2.26. The average molecular weight is 470 g/mol. The summed E-state index contributed by atoms with van der Waals surface area (Å²) in [5.41, 5.74) is 3.51. The van der Waals surface area contributed by atoms with Crippen molar-refractivity contribution in [2.24, 2.45) is 0 Å². The fourth-order valence-electron chi connectivity index (χ4n) is 3.87. The molecule has 2 aromatic heterocycles. The van der Waals surface area contributed by atoms with Gasteiger partial charge in [0.25, 0.3) is 5.56 Å². The zero-order chi connectivity index (χ0) is 22.4. The van der Waals surface area contributed by atoms with Gasteiger partial charge in [-0.15, -0.1) is 5.10 Å². The van der Waals surface area contributed by atoms with Crippen LogP contribution < -0.4 is 14.8 Å². The molecule has 7 heteroatoms. The molecule has 3 heterocycles. The van der Waals surface area contributed by atoms with Gasteiger partial charge >= 0.3 is 0 Å². The SMILES string of the molecule is O=c1c(=CC2=Cc3ccccc3OC2c2ccccc2)sc2nc(-c3ccc(Cl)cc3)nn12. The molecule has 5 nitrogen and oxygen atoms in total. The average Bonchev–Trinajstić information content (AvgIpc) is 3.39. The first kappa shape index (κ1) is 19.9. The molecule has 160 valence electrons. The van der Waals surface area contributed by atoms with Gasteiger partial charge in [0.1, 0.15) is 11.9 Å². The Balaban J connectivity index is 1.46. The van der Waals surface area contributed by atoms with E-state index in [-0.39, 0.29) is 11.7 Å². The normalized spacial score (nSPS) is 15.8. The van der Waals surface area contributed by atoms with Gasteiger partial charge in [-0.25, -0.2) is 0 Å². The predicted molar refractivity (Wildman–Crippen MR) is 131 cm³/mol. The Bertz CT molecular complexity index is 1620. The van der Waals surface area contributed by atoms with Gasteiger partial charge in [-0.1, -0.05) is 71.5 Å². The molecule has 1 unspecified atom stereocenters. The Morgan fingerprint density at radius 3 is 2.52 bits per heavy atom. The fourth-order valence-corrected chi connectivity index (χ4v) is 4.90. The van der Waals surface area contributed by atoms with Crippen molar-refractivity contribution in [1.29, 1.82) is 0 Å². The number of hydrogen-bond acceptors (Lipinski definition) is 5. The van der Waals surface area contributed by atoms with E-state index >= 15 is 0 Å². The van der Waals surface area contributed by atoms with E-state index in [1.807, 2.05) is 72.8 Å². The Morgan fingerprint density at radius 1 is 0.970 bits per heavy atom. The molecule has 1 atom stereocenters. The van der Waals surface area contributed by atoms with Crippen molar-refractivity contribution < 1.29 is 4.74 Å². The summed E-state index contributed by atoms with van der Waals surface area (Å²) < 4.78 is 8.25. The molecule has 0 amide bonds. The molecule has 3 aromatic carbocycles. The first-order chi connectivity index (χ1) is 16.2. The minimum Gasteiger partial charge on any atom is -0.480 e. The molecule has 0 spiro atoms. The van der Waals surface area contributed by atoms with Gasteiger partial charge in [-0.05, 0) is 53.6 Å². The van der Waals surface area contributed by atoms with E-state index in [0.29, 0.717) is 20.3 Å². The quantitative estimate of drug-likeness (QED) is 0.365. The Hall–Kier alpha value is -3.74. The minimum atomic E-state index is -0.312. The van der Waals surface area contributed by atoms with Crippen molar-refractivity contribution in [3.05, 3.63) is 115 Å². The van der Waals surface area contributed by atoms with Crippen molar-refractivity contribution in [3.63, 3.8) is 0 Å². The van der Waals surface area contributed by atoms with Crippen molar-refractivity contribution >= 4 is 40.1 Å². The lowest BCUT2D eigenvalue weighted by Crippen LogP contribution is -2.25. The van der Waals surface area contributed by atoms with Crippen molar-refractivity contribution in [1.82, 2.24) is 14.6 Å². The molecule has 0 aliphatic carbocycles. The zero-order valence-corrected chi connectivity index (χ0v) is 18.8. The highest BCUT2D eigenvalue weighted by molar-refractivity contribution is 7.15. The number of aromatic nitrogens is 3. The van der Waals surface area contributed by atoms with E-state index < -0.39 is 0 Å². The van der Waals surface area contributed by atoms with E-state index in [1.54, 1.807) is 12.1 Å². The molecule has 1 aliphatic heterocycles. The highest BCUT2D eigenvalue weighted by Crippen LogP contribution is 2.37. The molecule has 0 bridgehead atoms. The van der Waals surface area contributed by atoms with Crippen LogP contribution in [0.2, 0.25) is 5.02 Å². The zero-order valence-electron chi connectivity index (χ0n) is 17.2.